The minimum Gasteiger partial charge on any atom is -0.354 e. The Bertz CT molecular complexity index is 913. The number of nitrogens with one attached hydrogen (secondary N) is 1. The fraction of sp³-hybridized carbons (Fsp3) is 0.348. The lowest BCUT2D eigenvalue weighted by molar-refractivity contribution is -0.127. The number of carbonyl (C=O) groups excluding carboxylic acids is 3. The Morgan fingerprint density at radius 3 is 2.52 bits per heavy atom. The molecule has 0 radical (unpaired) electrons. The Kier molecular flexibility index (Phi) is 5.60. The van der Waals surface area contributed by atoms with Crippen LogP contribution in [0.4, 0.5) is 0 Å². The lowest BCUT2D eigenvalue weighted by Crippen LogP contribution is -2.41. The van der Waals surface area contributed by atoms with Crippen molar-refractivity contribution in [2.24, 2.45) is 0 Å². The number of fused-ring (bicyclic) bond motifs is 1. The zero-order valence-corrected chi connectivity index (χ0v) is 16.3. The van der Waals surface area contributed by atoms with Crippen LogP contribution in [0.5, 0.6) is 0 Å². The van der Waals surface area contributed by atoms with Crippen LogP contribution in [-0.2, 0) is 16.1 Å². The van der Waals surface area contributed by atoms with E-state index in [4.69, 9.17) is 0 Å². The third-order valence-electron chi connectivity index (χ3n) is 5.60. The van der Waals surface area contributed by atoms with Gasteiger partial charge >= 0.3 is 0 Å². The van der Waals surface area contributed by atoms with E-state index >= 15 is 0 Å². The highest BCUT2D eigenvalue weighted by atomic mass is 16.2. The standard InChI is InChI=1S/C23H25N3O3/c27-20-12-6-14-25(20)15-7-13-24-22(28)21(17-8-2-1-3-9-17)26-16-18-10-4-5-11-19(18)23(26)29/h1-5,8-11,21H,6-7,12-16H2,(H,24,28)/t21-/m1/s1. The molecule has 0 spiro atoms. The molecule has 2 aromatic rings. The average Bonchev–Trinajstić information content (AvgIpc) is 3.30. The SMILES string of the molecule is O=C(NCCCN1CCCC1=O)[C@@H](c1ccccc1)N1Cc2ccccc2C1=O. The quantitative estimate of drug-likeness (QED) is 0.738. The van der Waals surface area contributed by atoms with Crippen LogP contribution in [0.15, 0.2) is 54.6 Å². The average molecular weight is 391 g/mol. The Balaban J connectivity index is 1.44. The first-order chi connectivity index (χ1) is 14.1. The van der Waals surface area contributed by atoms with Gasteiger partial charge in [-0.3, -0.25) is 14.4 Å². The van der Waals surface area contributed by atoms with Gasteiger partial charge in [0.1, 0.15) is 6.04 Å². The van der Waals surface area contributed by atoms with Gasteiger partial charge in [0.15, 0.2) is 0 Å². The Labute approximate surface area is 170 Å². The number of nitrogens with zero attached hydrogens (tertiary/aromatic N) is 2. The molecular formula is C23H25N3O3. The van der Waals surface area contributed by atoms with Gasteiger partial charge in [0.05, 0.1) is 0 Å². The van der Waals surface area contributed by atoms with Gasteiger partial charge in [-0.25, -0.2) is 0 Å². The predicted molar refractivity (Wildman–Crippen MR) is 109 cm³/mol. The summed E-state index contributed by atoms with van der Waals surface area (Å²) in [4.78, 5) is 41.3. The Morgan fingerprint density at radius 1 is 1.03 bits per heavy atom. The molecule has 0 aliphatic carbocycles. The highest BCUT2D eigenvalue weighted by Crippen LogP contribution is 2.31. The summed E-state index contributed by atoms with van der Waals surface area (Å²) in [5.74, 6) is -0.115. The lowest BCUT2D eigenvalue weighted by atomic mass is 10.0. The number of carbonyl (C=O) groups is 3. The molecule has 4 rings (SSSR count). The van der Waals surface area contributed by atoms with E-state index in [1.165, 1.54) is 0 Å². The molecule has 0 saturated carbocycles. The van der Waals surface area contributed by atoms with Crippen LogP contribution in [0, 0.1) is 0 Å². The smallest absolute Gasteiger partial charge is 0.255 e. The van der Waals surface area contributed by atoms with Crippen LogP contribution in [-0.4, -0.2) is 47.2 Å². The van der Waals surface area contributed by atoms with Crippen molar-refractivity contribution < 1.29 is 14.4 Å². The lowest BCUT2D eigenvalue weighted by Gasteiger charge is -2.27. The van der Waals surface area contributed by atoms with Crippen molar-refractivity contribution in [1.82, 2.24) is 15.1 Å². The highest BCUT2D eigenvalue weighted by molar-refractivity contribution is 6.01. The summed E-state index contributed by atoms with van der Waals surface area (Å²) in [6.45, 7) is 2.36. The maximum absolute atomic E-state index is 13.1. The highest BCUT2D eigenvalue weighted by Gasteiger charge is 2.37. The van der Waals surface area contributed by atoms with Crippen LogP contribution < -0.4 is 5.32 Å². The third-order valence-corrected chi connectivity index (χ3v) is 5.60. The van der Waals surface area contributed by atoms with Crippen molar-refractivity contribution in [3.05, 3.63) is 71.3 Å². The Hall–Kier alpha value is -3.15. The summed E-state index contributed by atoms with van der Waals surface area (Å²) in [5.41, 5.74) is 2.40. The molecule has 2 aromatic carbocycles. The van der Waals surface area contributed by atoms with Gasteiger partial charge in [-0.1, -0.05) is 48.5 Å². The van der Waals surface area contributed by atoms with Gasteiger partial charge in [0.2, 0.25) is 11.8 Å². The monoisotopic (exact) mass is 391 g/mol. The molecule has 1 fully saturated rings. The van der Waals surface area contributed by atoms with Gasteiger partial charge < -0.3 is 15.1 Å². The molecule has 6 nitrogen and oxygen atoms in total. The topological polar surface area (TPSA) is 69.7 Å². The minimum atomic E-state index is -0.676. The number of amides is 3. The van der Waals surface area contributed by atoms with E-state index in [1.807, 2.05) is 59.5 Å². The van der Waals surface area contributed by atoms with Crippen LogP contribution in [0.1, 0.15) is 46.8 Å². The van der Waals surface area contributed by atoms with Crippen LogP contribution >= 0.6 is 0 Å². The summed E-state index contributed by atoms with van der Waals surface area (Å²) in [7, 11) is 0. The zero-order chi connectivity index (χ0) is 20.2. The molecule has 3 amide bonds. The van der Waals surface area contributed by atoms with Gasteiger partial charge in [0.25, 0.3) is 5.91 Å². The molecule has 0 bridgehead atoms. The van der Waals surface area contributed by atoms with Crippen LogP contribution in [0.3, 0.4) is 0 Å². The largest absolute Gasteiger partial charge is 0.354 e. The second-order valence-electron chi connectivity index (χ2n) is 7.53. The summed E-state index contributed by atoms with van der Waals surface area (Å²) in [6.07, 6.45) is 2.24. The first kappa shape index (κ1) is 19.2. The molecular weight excluding hydrogens is 366 g/mol. The Morgan fingerprint density at radius 2 is 1.79 bits per heavy atom. The van der Waals surface area contributed by atoms with Crippen molar-refractivity contribution in [3.63, 3.8) is 0 Å². The molecule has 150 valence electrons. The van der Waals surface area contributed by atoms with Gasteiger partial charge in [-0.05, 0) is 30.0 Å². The van der Waals surface area contributed by atoms with Crippen molar-refractivity contribution in [3.8, 4) is 0 Å². The zero-order valence-electron chi connectivity index (χ0n) is 16.3. The normalized spacial score (nSPS) is 16.8. The van der Waals surface area contributed by atoms with Crippen molar-refractivity contribution in [2.75, 3.05) is 19.6 Å². The summed E-state index contributed by atoms with van der Waals surface area (Å²) < 4.78 is 0. The summed E-state index contributed by atoms with van der Waals surface area (Å²) >= 11 is 0. The van der Waals surface area contributed by atoms with E-state index in [2.05, 4.69) is 5.32 Å². The van der Waals surface area contributed by atoms with Gasteiger partial charge in [-0.2, -0.15) is 0 Å². The van der Waals surface area contributed by atoms with E-state index in [1.54, 1.807) is 4.90 Å². The number of hydrogen-bond donors (Lipinski definition) is 1. The summed E-state index contributed by atoms with van der Waals surface area (Å²) in [6, 6.07) is 16.2. The van der Waals surface area contributed by atoms with E-state index in [9.17, 15) is 14.4 Å². The van der Waals surface area contributed by atoms with Gasteiger partial charge in [-0.15, -0.1) is 0 Å². The molecule has 1 saturated heterocycles. The third kappa shape index (κ3) is 4.01. The maximum Gasteiger partial charge on any atom is 0.255 e. The molecule has 0 unspecified atom stereocenters. The molecule has 2 aliphatic rings. The van der Waals surface area contributed by atoms with E-state index < -0.39 is 6.04 Å². The summed E-state index contributed by atoms with van der Waals surface area (Å²) in [5, 5.41) is 2.97. The first-order valence-corrected chi connectivity index (χ1v) is 10.1. The minimum absolute atomic E-state index is 0.118. The number of hydrogen-bond acceptors (Lipinski definition) is 3. The fourth-order valence-corrected chi connectivity index (χ4v) is 4.11. The van der Waals surface area contributed by atoms with E-state index in [-0.39, 0.29) is 17.7 Å². The van der Waals surface area contributed by atoms with Crippen molar-refractivity contribution in [2.45, 2.75) is 31.8 Å². The number of rotatable bonds is 7. The molecule has 6 heteroatoms. The molecule has 2 aliphatic heterocycles. The second-order valence-corrected chi connectivity index (χ2v) is 7.53. The number of benzene rings is 2. The molecule has 1 atom stereocenters. The molecule has 2 heterocycles. The molecule has 29 heavy (non-hydrogen) atoms. The van der Waals surface area contributed by atoms with Crippen molar-refractivity contribution >= 4 is 17.7 Å². The van der Waals surface area contributed by atoms with E-state index in [0.717, 1.165) is 24.1 Å². The molecule has 1 N–H and O–H groups in total. The maximum atomic E-state index is 13.1. The fourth-order valence-electron chi connectivity index (χ4n) is 4.11. The molecule has 0 aromatic heterocycles. The van der Waals surface area contributed by atoms with Gasteiger partial charge in [0, 0.05) is 38.2 Å². The first-order valence-electron chi connectivity index (χ1n) is 10.1. The predicted octanol–water partition coefficient (Wildman–Crippen LogP) is 2.51. The van der Waals surface area contributed by atoms with Crippen molar-refractivity contribution in [1.29, 1.82) is 0 Å². The van der Waals surface area contributed by atoms with E-state index in [0.29, 0.717) is 38.0 Å². The second kappa shape index (κ2) is 8.47. The van der Waals surface area contributed by atoms with Crippen LogP contribution in [0.2, 0.25) is 0 Å². The number of likely N-dealkylation sites (tertiary alicyclic amines) is 1. The van der Waals surface area contributed by atoms with Crippen LogP contribution in [0.25, 0.3) is 0 Å².